The van der Waals surface area contributed by atoms with Crippen LogP contribution in [0.4, 0.5) is 0 Å². The maximum Gasteiger partial charge on any atom is 0.342 e. The van der Waals surface area contributed by atoms with Crippen molar-refractivity contribution in [2.24, 2.45) is 0 Å². The topological polar surface area (TPSA) is 74.7 Å². The van der Waals surface area contributed by atoms with Crippen LogP contribution >= 0.6 is 0 Å². The molecule has 0 aliphatic heterocycles. The third-order valence-electron chi connectivity index (χ3n) is 3.28. The molecule has 2 rings (SSSR count). The van der Waals surface area contributed by atoms with Crippen LogP contribution in [0.1, 0.15) is 31.1 Å². The molecule has 0 unspecified atom stereocenters. The van der Waals surface area contributed by atoms with E-state index in [0.29, 0.717) is 18.1 Å². The number of ether oxygens (including phenoxy) is 3. The maximum absolute atomic E-state index is 12.7. The summed E-state index contributed by atoms with van der Waals surface area (Å²) in [4.78, 5) is 29.2. The van der Waals surface area contributed by atoms with Crippen molar-refractivity contribution in [2.45, 2.75) is 20.8 Å². The molecular formula is C19H21NO5. The lowest BCUT2D eigenvalue weighted by Gasteiger charge is -2.07. The number of hydrogen-bond acceptors (Lipinski definition) is 6. The molecule has 25 heavy (non-hydrogen) atoms. The summed E-state index contributed by atoms with van der Waals surface area (Å²) in [7, 11) is 0. The lowest BCUT2D eigenvalue weighted by Crippen LogP contribution is -2.18. The third kappa shape index (κ3) is 4.35. The van der Waals surface area contributed by atoms with Crippen LogP contribution in [0, 0.1) is 0 Å². The van der Waals surface area contributed by atoms with Crippen LogP contribution in [0.15, 0.2) is 41.2 Å². The molecule has 6 nitrogen and oxygen atoms in total. The summed E-state index contributed by atoms with van der Waals surface area (Å²) in [6, 6.07) is 10.6. The zero-order valence-electron chi connectivity index (χ0n) is 14.6. The summed E-state index contributed by atoms with van der Waals surface area (Å²) in [5.74, 6) is -0.568. The van der Waals surface area contributed by atoms with E-state index < -0.39 is 11.4 Å². The van der Waals surface area contributed by atoms with Crippen LogP contribution < -0.4 is 14.9 Å². The first-order chi connectivity index (χ1) is 12.1. The Labute approximate surface area is 146 Å². The summed E-state index contributed by atoms with van der Waals surface area (Å²) >= 11 is 0. The van der Waals surface area contributed by atoms with Crippen LogP contribution in [-0.4, -0.2) is 30.8 Å². The van der Waals surface area contributed by atoms with E-state index >= 15 is 0 Å². The molecule has 0 spiro atoms. The van der Waals surface area contributed by atoms with Crippen molar-refractivity contribution in [3.63, 3.8) is 0 Å². The van der Waals surface area contributed by atoms with Crippen molar-refractivity contribution < 1.29 is 19.0 Å². The number of carbonyl (C=O) groups is 1. The van der Waals surface area contributed by atoms with Crippen molar-refractivity contribution in [3.05, 3.63) is 52.2 Å². The highest BCUT2D eigenvalue weighted by Crippen LogP contribution is 2.29. The first-order valence-electron chi connectivity index (χ1n) is 8.19. The predicted molar refractivity (Wildman–Crippen MR) is 94.2 cm³/mol. The Morgan fingerprint density at radius 2 is 1.68 bits per heavy atom. The van der Waals surface area contributed by atoms with E-state index in [1.54, 1.807) is 13.8 Å². The summed E-state index contributed by atoms with van der Waals surface area (Å²) in [6.45, 7) is 5.98. The molecule has 0 saturated heterocycles. The van der Waals surface area contributed by atoms with Gasteiger partial charge < -0.3 is 14.2 Å². The van der Waals surface area contributed by atoms with Crippen LogP contribution in [0.2, 0.25) is 0 Å². The van der Waals surface area contributed by atoms with E-state index in [4.69, 9.17) is 14.2 Å². The molecule has 0 aliphatic carbocycles. The number of aromatic nitrogens is 1. The van der Waals surface area contributed by atoms with Gasteiger partial charge in [0.25, 0.3) is 11.3 Å². The molecule has 2 aromatic rings. The van der Waals surface area contributed by atoms with E-state index in [2.05, 4.69) is 4.98 Å². The largest absolute Gasteiger partial charge is 0.492 e. The Balaban J connectivity index is 2.79. The van der Waals surface area contributed by atoms with Crippen LogP contribution in [0.25, 0.3) is 11.3 Å². The summed E-state index contributed by atoms with van der Waals surface area (Å²) in [5.41, 5.74) is 0.391. The van der Waals surface area contributed by atoms with Gasteiger partial charge in [0.15, 0.2) is 0 Å². The Morgan fingerprint density at radius 3 is 2.28 bits per heavy atom. The van der Waals surface area contributed by atoms with Crippen molar-refractivity contribution in [1.29, 1.82) is 0 Å². The number of rotatable bonds is 7. The molecule has 1 heterocycles. The molecule has 1 aromatic heterocycles. The number of esters is 1. The molecule has 0 N–H and O–H groups in total. The second-order valence-electron chi connectivity index (χ2n) is 4.97. The van der Waals surface area contributed by atoms with Gasteiger partial charge >= 0.3 is 5.97 Å². The molecule has 6 heteroatoms. The highest BCUT2D eigenvalue weighted by Gasteiger charge is 2.20. The minimum atomic E-state index is -0.730. The van der Waals surface area contributed by atoms with Gasteiger partial charge in [-0.2, -0.15) is 0 Å². The Bertz CT molecular complexity index is 790. The Kier molecular flexibility index (Phi) is 6.51. The average molecular weight is 343 g/mol. The fraction of sp³-hybridized carbons (Fsp3) is 0.316. The highest BCUT2D eigenvalue weighted by atomic mass is 16.5. The molecule has 0 bridgehead atoms. The van der Waals surface area contributed by atoms with Crippen LogP contribution in [-0.2, 0) is 4.74 Å². The zero-order valence-corrected chi connectivity index (χ0v) is 14.6. The second-order valence-corrected chi connectivity index (χ2v) is 4.97. The monoisotopic (exact) mass is 343 g/mol. The van der Waals surface area contributed by atoms with E-state index in [-0.39, 0.29) is 24.7 Å². The molecule has 0 fully saturated rings. The number of nitrogens with zero attached hydrogens (tertiary/aromatic N) is 1. The molecule has 1 aromatic carbocycles. The van der Waals surface area contributed by atoms with Gasteiger partial charge in [0.05, 0.1) is 19.8 Å². The first kappa shape index (κ1) is 18.4. The molecule has 0 saturated carbocycles. The van der Waals surface area contributed by atoms with E-state index in [0.717, 1.165) is 5.56 Å². The minimum absolute atomic E-state index is 0.157. The molecule has 132 valence electrons. The predicted octanol–water partition coefficient (Wildman–Crippen LogP) is 3.08. The normalized spacial score (nSPS) is 10.2. The molecule has 0 aliphatic rings. The SMILES string of the molecule is CCOC(=O)c1cc(OCC)c(-c2ccccc2)nc(OCC)c1=O. The number of carbonyl (C=O) groups excluding carboxylic acids is 1. The lowest BCUT2D eigenvalue weighted by atomic mass is 10.1. The van der Waals surface area contributed by atoms with Crippen molar-refractivity contribution >= 4 is 5.97 Å². The molecule has 0 atom stereocenters. The van der Waals surface area contributed by atoms with Gasteiger partial charge in [-0.05, 0) is 20.8 Å². The number of hydrogen-bond donors (Lipinski definition) is 0. The van der Waals surface area contributed by atoms with Gasteiger partial charge in [0.2, 0.25) is 0 Å². The standard InChI is InChI=1S/C19H21NO5/c1-4-23-15-12-14(19(22)25-6-3)17(21)18(24-5-2)20-16(15)13-10-8-7-9-11-13/h7-12H,4-6H2,1-3H3. The van der Waals surface area contributed by atoms with Crippen LogP contribution in [0.5, 0.6) is 11.6 Å². The lowest BCUT2D eigenvalue weighted by molar-refractivity contribution is 0.0524. The van der Waals surface area contributed by atoms with Gasteiger partial charge in [0, 0.05) is 11.6 Å². The second kappa shape index (κ2) is 8.82. The average Bonchev–Trinajstić information content (AvgIpc) is 2.75. The van der Waals surface area contributed by atoms with Gasteiger partial charge in [-0.3, -0.25) is 4.79 Å². The molecule has 0 amide bonds. The van der Waals surface area contributed by atoms with Gasteiger partial charge in [-0.15, -0.1) is 0 Å². The Hall–Kier alpha value is -2.89. The van der Waals surface area contributed by atoms with E-state index in [9.17, 15) is 9.59 Å². The summed E-state index contributed by atoms with van der Waals surface area (Å²) in [5, 5.41) is 0. The van der Waals surface area contributed by atoms with Gasteiger partial charge in [-0.25, -0.2) is 9.78 Å². The Morgan fingerprint density at radius 1 is 1.00 bits per heavy atom. The van der Waals surface area contributed by atoms with Crippen LogP contribution in [0.3, 0.4) is 0 Å². The van der Waals surface area contributed by atoms with Crippen molar-refractivity contribution in [2.75, 3.05) is 19.8 Å². The van der Waals surface area contributed by atoms with Gasteiger partial charge in [0.1, 0.15) is 17.0 Å². The van der Waals surface area contributed by atoms with Crippen molar-refractivity contribution in [3.8, 4) is 22.9 Å². The fourth-order valence-electron chi connectivity index (χ4n) is 2.25. The van der Waals surface area contributed by atoms with E-state index in [1.807, 2.05) is 37.3 Å². The highest BCUT2D eigenvalue weighted by molar-refractivity contribution is 5.90. The maximum atomic E-state index is 12.7. The van der Waals surface area contributed by atoms with Gasteiger partial charge in [-0.1, -0.05) is 30.3 Å². The smallest absolute Gasteiger partial charge is 0.342 e. The summed E-state index contributed by atoms with van der Waals surface area (Å²) < 4.78 is 16.0. The molecular weight excluding hydrogens is 322 g/mol. The van der Waals surface area contributed by atoms with E-state index in [1.165, 1.54) is 6.07 Å². The zero-order chi connectivity index (χ0) is 18.2. The fourth-order valence-corrected chi connectivity index (χ4v) is 2.25. The van der Waals surface area contributed by atoms with Crippen molar-refractivity contribution in [1.82, 2.24) is 4.98 Å². The quantitative estimate of drug-likeness (QED) is 0.719. The third-order valence-corrected chi connectivity index (χ3v) is 3.28. The number of benzene rings is 1. The summed E-state index contributed by atoms with van der Waals surface area (Å²) in [6.07, 6.45) is 0. The first-order valence-corrected chi connectivity index (χ1v) is 8.19. The molecule has 0 radical (unpaired) electrons. The minimum Gasteiger partial charge on any atom is -0.492 e.